The molecule has 2 N–H and O–H groups in total. The van der Waals surface area contributed by atoms with Crippen LogP contribution in [0.2, 0.25) is 5.02 Å². The van der Waals surface area contributed by atoms with Crippen LogP contribution in [0.1, 0.15) is 12.0 Å². The van der Waals surface area contributed by atoms with Gasteiger partial charge in [-0.15, -0.1) is 0 Å². The monoisotopic (exact) mass is 444 g/mol. The minimum absolute atomic E-state index is 0.127. The van der Waals surface area contributed by atoms with Crippen molar-refractivity contribution in [2.75, 3.05) is 13.1 Å². The van der Waals surface area contributed by atoms with Gasteiger partial charge in [-0.05, 0) is 48.4 Å². The normalized spacial score (nSPS) is 11.3. The SMILES string of the molecule is O=C(CCc1ccc(Cl)cc1)NCCNS(=O)(=O)c1ccc(Br)cc1. The minimum atomic E-state index is -3.57. The Morgan fingerprint density at radius 3 is 2.28 bits per heavy atom. The number of hydrogen-bond donors (Lipinski definition) is 2. The molecular weight excluding hydrogens is 428 g/mol. The summed E-state index contributed by atoms with van der Waals surface area (Å²) in [7, 11) is -3.57. The molecule has 0 aliphatic rings. The Bertz CT molecular complexity index is 809. The molecule has 25 heavy (non-hydrogen) atoms. The van der Waals surface area contributed by atoms with Crippen LogP contribution in [0.4, 0.5) is 0 Å². The Labute approximate surface area is 161 Å². The Morgan fingerprint density at radius 2 is 1.64 bits per heavy atom. The van der Waals surface area contributed by atoms with Gasteiger partial charge < -0.3 is 5.32 Å². The molecular formula is C17H18BrClN2O3S. The number of aryl methyl sites for hydroxylation is 1. The lowest BCUT2D eigenvalue weighted by molar-refractivity contribution is -0.121. The van der Waals surface area contributed by atoms with Crippen molar-refractivity contribution in [3.8, 4) is 0 Å². The summed E-state index contributed by atoms with van der Waals surface area (Å²) < 4.78 is 27.4. The van der Waals surface area contributed by atoms with Crippen molar-refractivity contribution >= 4 is 43.5 Å². The Balaban J connectivity index is 1.70. The molecule has 0 radical (unpaired) electrons. The molecule has 0 spiro atoms. The van der Waals surface area contributed by atoms with E-state index in [2.05, 4.69) is 26.0 Å². The van der Waals surface area contributed by atoms with Gasteiger partial charge in [0.2, 0.25) is 15.9 Å². The highest BCUT2D eigenvalue weighted by atomic mass is 79.9. The molecule has 2 aromatic rings. The van der Waals surface area contributed by atoms with Gasteiger partial charge in [0.25, 0.3) is 0 Å². The van der Waals surface area contributed by atoms with Crippen LogP contribution in [0.5, 0.6) is 0 Å². The van der Waals surface area contributed by atoms with E-state index in [1.165, 1.54) is 12.1 Å². The number of rotatable bonds is 8. The molecule has 0 bridgehead atoms. The molecule has 2 rings (SSSR count). The quantitative estimate of drug-likeness (QED) is 0.613. The van der Waals surface area contributed by atoms with Crippen LogP contribution in [0, 0.1) is 0 Å². The van der Waals surface area contributed by atoms with Crippen molar-refractivity contribution in [2.45, 2.75) is 17.7 Å². The molecule has 0 saturated heterocycles. The zero-order valence-corrected chi connectivity index (χ0v) is 16.5. The average molecular weight is 446 g/mol. The van der Waals surface area contributed by atoms with Crippen molar-refractivity contribution in [1.29, 1.82) is 0 Å². The van der Waals surface area contributed by atoms with E-state index in [0.717, 1.165) is 10.0 Å². The van der Waals surface area contributed by atoms with E-state index in [0.29, 0.717) is 17.9 Å². The average Bonchev–Trinajstić information content (AvgIpc) is 2.59. The first-order chi connectivity index (χ1) is 11.9. The fourth-order valence-corrected chi connectivity index (χ4v) is 3.50. The van der Waals surface area contributed by atoms with Gasteiger partial charge in [-0.25, -0.2) is 13.1 Å². The van der Waals surface area contributed by atoms with Crippen LogP contribution in [-0.4, -0.2) is 27.4 Å². The van der Waals surface area contributed by atoms with Crippen LogP contribution < -0.4 is 10.0 Å². The summed E-state index contributed by atoms with van der Waals surface area (Å²) in [4.78, 5) is 12.0. The molecule has 5 nitrogen and oxygen atoms in total. The number of amides is 1. The predicted molar refractivity (Wildman–Crippen MR) is 102 cm³/mol. The molecule has 2 aromatic carbocycles. The second-order valence-corrected chi connectivity index (χ2v) is 8.45. The van der Waals surface area contributed by atoms with Gasteiger partial charge in [0.15, 0.2) is 0 Å². The first-order valence-electron chi connectivity index (χ1n) is 7.63. The molecule has 0 heterocycles. The fraction of sp³-hybridized carbons (Fsp3) is 0.235. The predicted octanol–water partition coefficient (Wildman–Crippen LogP) is 3.13. The first-order valence-corrected chi connectivity index (χ1v) is 10.3. The number of nitrogens with one attached hydrogen (secondary N) is 2. The third-order valence-electron chi connectivity index (χ3n) is 3.42. The number of carbonyl (C=O) groups is 1. The summed E-state index contributed by atoms with van der Waals surface area (Å²) in [5, 5.41) is 3.36. The summed E-state index contributed by atoms with van der Waals surface area (Å²) in [6.07, 6.45) is 0.939. The van der Waals surface area contributed by atoms with E-state index in [9.17, 15) is 13.2 Å². The molecule has 0 aliphatic heterocycles. The van der Waals surface area contributed by atoms with Crippen LogP contribution in [0.15, 0.2) is 57.9 Å². The van der Waals surface area contributed by atoms with Gasteiger partial charge in [-0.3, -0.25) is 4.79 Å². The molecule has 0 atom stereocenters. The summed E-state index contributed by atoms with van der Waals surface area (Å²) in [5.74, 6) is -0.127. The van der Waals surface area contributed by atoms with Crippen molar-refractivity contribution < 1.29 is 13.2 Å². The summed E-state index contributed by atoms with van der Waals surface area (Å²) in [6.45, 7) is 0.361. The number of carbonyl (C=O) groups excluding carboxylic acids is 1. The molecule has 0 fully saturated rings. The van der Waals surface area contributed by atoms with Crippen LogP contribution in [0.25, 0.3) is 0 Å². The van der Waals surface area contributed by atoms with Gasteiger partial charge in [0.1, 0.15) is 0 Å². The van der Waals surface area contributed by atoms with E-state index < -0.39 is 10.0 Å². The van der Waals surface area contributed by atoms with Gasteiger partial charge in [-0.2, -0.15) is 0 Å². The Morgan fingerprint density at radius 1 is 1.00 bits per heavy atom. The highest BCUT2D eigenvalue weighted by Gasteiger charge is 2.13. The summed E-state index contributed by atoms with van der Waals surface area (Å²) in [5.41, 5.74) is 1.02. The summed E-state index contributed by atoms with van der Waals surface area (Å²) >= 11 is 9.07. The van der Waals surface area contributed by atoms with E-state index in [1.54, 1.807) is 24.3 Å². The third-order valence-corrected chi connectivity index (χ3v) is 5.67. The maximum absolute atomic E-state index is 12.1. The van der Waals surface area contributed by atoms with Gasteiger partial charge in [0.05, 0.1) is 4.90 Å². The first kappa shape index (κ1) is 19.9. The van der Waals surface area contributed by atoms with Gasteiger partial charge in [-0.1, -0.05) is 39.7 Å². The lowest BCUT2D eigenvalue weighted by Gasteiger charge is -2.08. The number of benzene rings is 2. The zero-order chi connectivity index (χ0) is 18.3. The Hall–Kier alpha value is -1.41. The maximum Gasteiger partial charge on any atom is 0.240 e. The Kier molecular flexibility index (Phi) is 7.43. The third kappa shape index (κ3) is 6.78. The van der Waals surface area contributed by atoms with Gasteiger partial charge >= 0.3 is 0 Å². The number of hydrogen-bond acceptors (Lipinski definition) is 3. The number of halogens is 2. The summed E-state index contributed by atoms with van der Waals surface area (Å²) in [6, 6.07) is 13.7. The fourth-order valence-electron chi connectivity index (χ4n) is 2.08. The van der Waals surface area contributed by atoms with Crippen molar-refractivity contribution in [3.05, 3.63) is 63.6 Å². The van der Waals surface area contributed by atoms with Crippen molar-refractivity contribution in [3.63, 3.8) is 0 Å². The van der Waals surface area contributed by atoms with Crippen LogP contribution in [0.3, 0.4) is 0 Å². The molecule has 0 aliphatic carbocycles. The minimum Gasteiger partial charge on any atom is -0.355 e. The highest BCUT2D eigenvalue weighted by molar-refractivity contribution is 9.10. The van der Waals surface area contributed by atoms with E-state index in [-0.39, 0.29) is 23.9 Å². The van der Waals surface area contributed by atoms with Crippen LogP contribution >= 0.6 is 27.5 Å². The zero-order valence-electron chi connectivity index (χ0n) is 13.3. The van der Waals surface area contributed by atoms with E-state index in [4.69, 9.17) is 11.6 Å². The lowest BCUT2D eigenvalue weighted by atomic mass is 10.1. The highest BCUT2D eigenvalue weighted by Crippen LogP contribution is 2.14. The topological polar surface area (TPSA) is 75.3 Å². The van der Waals surface area contributed by atoms with Crippen molar-refractivity contribution in [1.82, 2.24) is 10.0 Å². The molecule has 8 heteroatoms. The standard InChI is InChI=1S/C17H18BrClN2O3S/c18-14-4-8-16(9-5-14)25(23,24)21-12-11-20-17(22)10-3-13-1-6-15(19)7-2-13/h1-2,4-9,21H,3,10-12H2,(H,20,22). The van der Waals surface area contributed by atoms with Gasteiger partial charge in [0, 0.05) is 29.0 Å². The molecule has 0 aromatic heterocycles. The van der Waals surface area contributed by atoms with E-state index in [1.807, 2.05) is 12.1 Å². The molecule has 134 valence electrons. The van der Waals surface area contributed by atoms with E-state index >= 15 is 0 Å². The van der Waals surface area contributed by atoms with Crippen LogP contribution in [-0.2, 0) is 21.2 Å². The maximum atomic E-state index is 12.1. The molecule has 0 unspecified atom stereocenters. The second-order valence-electron chi connectivity index (χ2n) is 5.33. The largest absolute Gasteiger partial charge is 0.355 e. The number of sulfonamides is 1. The molecule has 0 saturated carbocycles. The smallest absolute Gasteiger partial charge is 0.240 e. The second kappa shape index (κ2) is 9.33. The lowest BCUT2D eigenvalue weighted by Crippen LogP contribution is -2.34. The molecule has 1 amide bonds. The van der Waals surface area contributed by atoms with Crippen molar-refractivity contribution in [2.24, 2.45) is 0 Å².